The molecule has 4 heteroatoms. The average molecular weight is 292 g/mol. The van der Waals surface area contributed by atoms with E-state index in [4.69, 9.17) is 9.47 Å². The lowest BCUT2D eigenvalue weighted by atomic mass is 10.1. The van der Waals surface area contributed by atoms with Crippen LogP contribution >= 0.6 is 0 Å². The Labute approximate surface area is 129 Å². The van der Waals surface area contributed by atoms with Gasteiger partial charge in [0.15, 0.2) is 0 Å². The molecule has 0 amide bonds. The van der Waals surface area contributed by atoms with Crippen LogP contribution in [-0.2, 0) is 0 Å². The van der Waals surface area contributed by atoms with Crippen LogP contribution in [0, 0.1) is 6.92 Å². The lowest BCUT2D eigenvalue weighted by Crippen LogP contribution is -1.95. The molecule has 0 aliphatic carbocycles. The Hall–Kier alpha value is -2.88. The van der Waals surface area contributed by atoms with Crippen LogP contribution in [0.1, 0.15) is 5.56 Å². The lowest BCUT2D eigenvalue weighted by Gasteiger charge is -2.12. The second-order valence-corrected chi connectivity index (χ2v) is 4.86. The third kappa shape index (κ3) is 2.91. The van der Waals surface area contributed by atoms with Gasteiger partial charge in [0.2, 0.25) is 5.88 Å². The Morgan fingerprint density at radius 2 is 1.68 bits per heavy atom. The van der Waals surface area contributed by atoms with Gasteiger partial charge in [-0.1, -0.05) is 35.9 Å². The van der Waals surface area contributed by atoms with Crippen molar-refractivity contribution >= 4 is 0 Å². The molecule has 0 fully saturated rings. The van der Waals surface area contributed by atoms with Crippen molar-refractivity contribution in [2.45, 2.75) is 6.92 Å². The first-order valence-electron chi connectivity index (χ1n) is 6.96. The van der Waals surface area contributed by atoms with Crippen molar-refractivity contribution in [2.75, 3.05) is 7.11 Å². The molecule has 1 aromatic heterocycles. The van der Waals surface area contributed by atoms with Crippen LogP contribution in [0.2, 0.25) is 0 Å². The Morgan fingerprint density at radius 3 is 2.45 bits per heavy atom. The second-order valence-electron chi connectivity index (χ2n) is 4.86. The zero-order valence-electron chi connectivity index (χ0n) is 12.5. The Balaban J connectivity index is 2.01. The van der Waals surface area contributed by atoms with Gasteiger partial charge in [-0.3, -0.25) is 0 Å². The molecule has 0 radical (unpaired) electrons. The minimum Gasteiger partial charge on any atom is -0.496 e. The number of methoxy groups -OCH3 is 1. The minimum atomic E-state index is 0.503. The number of aryl methyl sites for hydroxylation is 1. The molecule has 0 aliphatic heterocycles. The van der Waals surface area contributed by atoms with Crippen LogP contribution in [0.4, 0.5) is 0 Å². The molecule has 0 unspecified atom stereocenters. The van der Waals surface area contributed by atoms with Gasteiger partial charge >= 0.3 is 0 Å². The molecule has 2 aromatic carbocycles. The molecule has 0 N–H and O–H groups in total. The molecular formula is C18H16N2O2. The zero-order chi connectivity index (χ0) is 15.4. The van der Waals surface area contributed by atoms with Crippen molar-refractivity contribution in [3.05, 3.63) is 66.6 Å². The number of nitrogens with zero attached hydrogens (tertiary/aromatic N) is 2. The van der Waals surface area contributed by atoms with Crippen molar-refractivity contribution in [3.8, 4) is 28.5 Å². The summed E-state index contributed by atoms with van der Waals surface area (Å²) in [6.45, 7) is 2.04. The summed E-state index contributed by atoms with van der Waals surface area (Å²) in [7, 11) is 1.64. The largest absolute Gasteiger partial charge is 0.496 e. The standard InChI is InChI=1S/C18H16N2O2/c1-13-7-9-14(10-8-13)22-18-16(11-19-12-20-18)15-5-3-4-6-17(15)21-2/h3-12H,1-2H3. The highest BCUT2D eigenvalue weighted by Gasteiger charge is 2.13. The van der Waals surface area contributed by atoms with Gasteiger partial charge in [0.05, 0.1) is 12.7 Å². The summed E-state index contributed by atoms with van der Waals surface area (Å²) in [5.74, 6) is 2.00. The molecule has 0 atom stereocenters. The van der Waals surface area contributed by atoms with E-state index in [-0.39, 0.29) is 0 Å². The molecule has 0 saturated carbocycles. The highest BCUT2D eigenvalue weighted by atomic mass is 16.5. The first-order valence-corrected chi connectivity index (χ1v) is 6.96. The SMILES string of the molecule is COc1ccccc1-c1cncnc1Oc1ccc(C)cc1. The molecule has 3 aromatic rings. The van der Waals surface area contributed by atoms with Gasteiger partial charge in [-0.25, -0.2) is 9.97 Å². The number of benzene rings is 2. The molecule has 0 bridgehead atoms. The van der Waals surface area contributed by atoms with E-state index in [1.807, 2.05) is 55.5 Å². The fourth-order valence-electron chi connectivity index (χ4n) is 2.17. The zero-order valence-corrected chi connectivity index (χ0v) is 12.5. The van der Waals surface area contributed by atoms with E-state index in [1.165, 1.54) is 11.9 Å². The lowest BCUT2D eigenvalue weighted by molar-refractivity contribution is 0.415. The third-order valence-corrected chi connectivity index (χ3v) is 3.31. The van der Waals surface area contributed by atoms with E-state index in [2.05, 4.69) is 9.97 Å². The molecule has 4 nitrogen and oxygen atoms in total. The quantitative estimate of drug-likeness (QED) is 0.721. The fourth-order valence-corrected chi connectivity index (χ4v) is 2.17. The van der Waals surface area contributed by atoms with Crippen LogP contribution in [0.15, 0.2) is 61.1 Å². The van der Waals surface area contributed by atoms with Gasteiger partial charge in [0, 0.05) is 11.8 Å². The first-order chi connectivity index (χ1) is 10.8. The number of aromatic nitrogens is 2. The van der Waals surface area contributed by atoms with Crippen LogP contribution in [0.25, 0.3) is 11.1 Å². The number of hydrogen-bond donors (Lipinski definition) is 0. The summed E-state index contributed by atoms with van der Waals surface area (Å²) in [4.78, 5) is 8.37. The monoisotopic (exact) mass is 292 g/mol. The number of ether oxygens (including phenoxy) is 2. The summed E-state index contributed by atoms with van der Waals surface area (Å²) in [5.41, 5.74) is 2.87. The number of para-hydroxylation sites is 1. The first kappa shape index (κ1) is 14.1. The van der Waals surface area contributed by atoms with E-state index < -0.39 is 0 Å². The average Bonchev–Trinajstić information content (AvgIpc) is 2.57. The van der Waals surface area contributed by atoms with E-state index in [0.717, 1.165) is 22.6 Å². The van der Waals surface area contributed by atoms with Crippen molar-refractivity contribution < 1.29 is 9.47 Å². The number of hydrogen-bond acceptors (Lipinski definition) is 4. The Morgan fingerprint density at radius 1 is 0.909 bits per heavy atom. The summed E-state index contributed by atoms with van der Waals surface area (Å²) in [6.07, 6.45) is 3.21. The van der Waals surface area contributed by atoms with Crippen LogP contribution in [0.5, 0.6) is 17.4 Å². The molecular weight excluding hydrogens is 276 g/mol. The Bertz CT molecular complexity index is 770. The van der Waals surface area contributed by atoms with Crippen molar-refractivity contribution in [1.82, 2.24) is 9.97 Å². The van der Waals surface area contributed by atoms with Gasteiger partial charge in [-0.05, 0) is 25.1 Å². The molecule has 1 heterocycles. The van der Waals surface area contributed by atoms with Crippen molar-refractivity contribution in [2.24, 2.45) is 0 Å². The van der Waals surface area contributed by atoms with Gasteiger partial charge in [0.1, 0.15) is 17.8 Å². The normalized spacial score (nSPS) is 10.3. The van der Waals surface area contributed by atoms with Crippen LogP contribution in [-0.4, -0.2) is 17.1 Å². The molecule has 110 valence electrons. The van der Waals surface area contributed by atoms with E-state index in [1.54, 1.807) is 13.3 Å². The topological polar surface area (TPSA) is 44.2 Å². The van der Waals surface area contributed by atoms with Crippen molar-refractivity contribution in [3.63, 3.8) is 0 Å². The molecule has 22 heavy (non-hydrogen) atoms. The highest BCUT2D eigenvalue weighted by molar-refractivity contribution is 5.73. The summed E-state index contributed by atoms with van der Waals surface area (Å²) < 4.78 is 11.3. The maximum atomic E-state index is 5.91. The predicted octanol–water partition coefficient (Wildman–Crippen LogP) is 4.25. The molecule has 3 rings (SSSR count). The summed E-state index contributed by atoms with van der Waals surface area (Å²) in [5, 5.41) is 0. The van der Waals surface area contributed by atoms with Crippen LogP contribution < -0.4 is 9.47 Å². The fraction of sp³-hybridized carbons (Fsp3) is 0.111. The van der Waals surface area contributed by atoms with E-state index in [0.29, 0.717) is 5.88 Å². The maximum absolute atomic E-state index is 5.91. The second kappa shape index (κ2) is 6.26. The van der Waals surface area contributed by atoms with Gasteiger partial charge in [-0.15, -0.1) is 0 Å². The maximum Gasteiger partial charge on any atom is 0.230 e. The molecule has 0 aliphatic rings. The smallest absolute Gasteiger partial charge is 0.230 e. The van der Waals surface area contributed by atoms with E-state index in [9.17, 15) is 0 Å². The third-order valence-electron chi connectivity index (χ3n) is 3.31. The predicted molar refractivity (Wildman–Crippen MR) is 85.3 cm³/mol. The van der Waals surface area contributed by atoms with Gasteiger partial charge in [-0.2, -0.15) is 0 Å². The molecule has 0 spiro atoms. The van der Waals surface area contributed by atoms with Crippen molar-refractivity contribution in [1.29, 1.82) is 0 Å². The summed E-state index contributed by atoms with van der Waals surface area (Å²) in [6, 6.07) is 15.6. The summed E-state index contributed by atoms with van der Waals surface area (Å²) >= 11 is 0. The Kier molecular flexibility index (Phi) is 4.01. The minimum absolute atomic E-state index is 0.503. The highest BCUT2D eigenvalue weighted by Crippen LogP contribution is 2.36. The number of rotatable bonds is 4. The van der Waals surface area contributed by atoms with Crippen LogP contribution in [0.3, 0.4) is 0 Å². The molecule has 0 saturated heterocycles. The van der Waals surface area contributed by atoms with Gasteiger partial charge < -0.3 is 9.47 Å². The van der Waals surface area contributed by atoms with E-state index >= 15 is 0 Å². The van der Waals surface area contributed by atoms with Gasteiger partial charge in [0.25, 0.3) is 0 Å².